The van der Waals surface area contributed by atoms with Gasteiger partial charge in [0.25, 0.3) is 5.91 Å². The number of nitrogens with one attached hydrogen (secondary N) is 1. The number of carboxylic acids is 1. The van der Waals surface area contributed by atoms with Crippen LogP contribution >= 0.6 is 45.3 Å². The lowest BCUT2D eigenvalue weighted by molar-refractivity contribution is 0.0698. The van der Waals surface area contributed by atoms with E-state index in [1.807, 2.05) is 0 Å². The molecule has 0 spiro atoms. The first kappa shape index (κ1) is 13.5. The molecule has 94 valence electrons. The summed E-state index contributed by atoms with van der Waals surface area (Å²) in [7, 11) is 0. The van der Waals surface area contributed by atoms with Crippen LogP contribution in [0.3, 0.4) is 0 Å². The molecule has 7 heteroatoms. The molecule has 2 heterocycles. The van der Waals surface area contributed by atoms with Crippen LogP contribution in [0, 0.1) is 9.81 Å². The Morgan fingerprint density at radius 1 is 1.39 bits per heavy atom. The standard InChI is InChI=1S/C11H8INO3S2/c1-5-2-7(11(15)16)10(18-5)13-9(14)6-3-8(12)17-4-6/h2-4H,1H3,(H,13,14)(H,15,16). The molecule has 18 heavy (non-hydrogen) atoms. The number of amides is 1. The van der Waals surface area contributed by atoms with Crippen molar-refractivity contribution in [3.05, 3.63) is 36.4 Å². The first-order chi connectivity index (χ1) is 8.47. The van der Waals surface area contributed by atoms with Crippen molar-refractivity contribution in [2.45, 2.75) is 6.92 Å². The highest BCUT2D eigenvalue weighted by molar-refractivity contribution is 14.1. The van der Waals surface area contributed by atoms with Gasteiger partial charge in [-0.25, -0.2) is 4.79 Å². The molecule has 0 saturated carbocycles. The summed E-state index contributed by atoms with van der Waals surface area (Å²) in [6.45, 7) is 1.81. The quantitative estimate of drug-likeness (QED) is 0.783. The average molecular weight is 393 g/mol. The minimum absolute atomic E-state index is 0.135. The fraction of sp³-hybridized carbons (Fsp3) is 0.0909. The van der Waals surface area contributed by atoms with Crippen LogP contribution in [0.25, 0.3) is 0 Å². The molecule has 0 unspecified atom stereocenters. The van der Waals surface area contributed by atoms with E-state index in [-0.39, 0.29) is 11.5 Å². The van der Waals surface area contributed by atoms with Crippen molar-refractivity contribution in [2.24, 2.45) is 0 Å². The molecule has 2 aromatic rings. The lowest BCUT2D eigenvalue weighted by Gasteiger charge is -2.01. The van der Waals surface area contributed by atoms with E-state index >= 15 is 0 Å². The molecule has 0 bridgehead atoms. The number of carbonyl (C=O) groups is 2. The number of hydrogen-bond donors (Lipinski definition) is 2. The van der Waals surface area contributed by atoms with E-state index in [1.165, 1.54) is 22.7 Å². The van der Waals surface area contributed by atoms with Gasteiger partial charge in [0.05, 0.1) is 14.0 Å². The summed E-state index contributed by atoms with van der Waals surface area (Å²) in [6.07, 6.45) is 0. The van der Waals surface area contributed by atoms with Crippen LogP contribution in [-0.2, 0) is 0 Å². The van der Waals surface area contributed by atoms with Gasteiger partial charge in [-0.15, -0.1) is 22.7 Å². The summed E-state index contributed by atoms with van der Waals surface area (Å²) >= 11 is 4.87. The molecular formula is C11H8INO3S2. The van der Waals surface area contributed by atoms with Gasteiger partial charge >= 0.3 is 5.97 Å². The maximum Gasteiger partial charge on any atom is 0.338 e. The molecule has 0 aromatic carbocycles. The molecule has 0 atom stereocenters. The van der Waals surface area contributed by atoms with E-state index in [2.05, 4.69) is 27.9 Å². The summed E-state index contributed by atoms with van der Waals surface area (Å²) in [4.78, 5) is 23.8. The molecule has 2 aromatic heterocycles. The predicted octanol–water partition coefficient (Wildman–Crippen LogP) is 3.67. The maximum atomic E-state index is 11.9. The number of hydrogen-bond acceptors (Lipinski definition) is 4. The Bertz CT molecular complexity index is 618. The van der Waals surface area contributed by atoms with Gasteiger partial charge in [0.1, 0.15) is 5.00 Å². The van der Waals surface area contributed by atoms with Gasteiger partial charge in [-0.3, -0.25) is 4.79 Å². The summed E-state index contributed by atoms with van der Waals surface area (Å²) in [5.74, 6) is -1.31. The van der Waals surface area contributed by atoms with Gasteiger partial charge in [-0.2, -0.15) is 0 Å². The first-order valence-corrected chi connectivity index (χ1v) is 7.64. The SMILES string of the molecule is Cc1cc(C(=O)O)c(NC(=O)c2csc(I)c2)s1. The number of aromatic carboxylic acids is 1. The number of halogens is 1. The Kier molecular flexibility index (Phi) is 4.03. The Balaban J connectivity index is 2.24. The zero-order valence-electron chi connectivity index (χ0n) is 9.19. The molecular weight excluding hydrogens is 385 g/mol. The van der Waals surface area contributed by atoms with Crippen molar-refractivity contribution >= 4 is 62.1 Å². The highest BCUT2D eigenvalue weighted by Gasteiger charge is 2.17. The molecule has 0 aliphatic heterocycles. The Morgan fingerprint density at radius 2 is 2.11 bits per heavy atom. The van der Waals surface area contributed by atoms with Crippen LogP contribution in [0.15, 0.2) is 17.5 Å². The lowest BCUT2D eigenvalue weighted by Crippen LogP contribution is -2.12. The molecule has 0 fully saturated rings. The predicted molar refractivity (Wildman–Crippen MR) is 81.0 cm³/mol. The Morgan fingerprint density at radius 3 is 2.67 bits per heavy atom. The van der Waals surface area contributed by atoms with Crippen LogP contribution in [0.5, 0.6) is 0 Å². The van der Waals surface area contributed by atoms with Crippen LogP contribution in [0.2, 0.25) is 0 Å². The smallest absolute Gasteiger partial charge is 0.338 e. The van der Waals surface area contributed by atoms with Crippen molar-refractivity contribution in [3.8, 4) is 0 Å². The second-order valence-corrected chi connectivity index (χ2v) is 7.56. The molecule has 0 aliphatic rings. The van der Waals surface area contributed by atoms with Crippen LogP contribution in [0.4, 0.5) is 5.00 Å². The van der Waals surface area contributed by atoms with Crippen LogP contribution in [-0.4, -0.2) is 17.0 Å². The van der Waals surface area contributed by atoms with E-state index in [0.717, 1.165) is 7.76 Å². The van der Waals surface area contributed by atoms with Gasteiger partial charge in [0.2, 0.25) is 0 Å². The van der Waals surface area contributed by atoms with Gasteiger partial charge < -0.3 is 10.4 Å². The van der Waals surface area contributed by atoms with Gasteiger partial charge in [0, 0.05) is 10.3 Å². The van der Waals surface area contributed by atoms with Gasteiger partial charge in [0.15, 0.2) is 0 Å². The number of rotatable bonds is 3. The zero-order valence-corrected chi connectivity index (χ0v) is 13.0. The van der Waals surface area contributed by atoms with E-state index < -0.39 is 5.97 Å². The molecule has 0 saturated heterocycles. The third kappa shape index (κ3) is 2.90. The number of carbonyl (C=O) groups excluding carboxylic acids is 1. The van der Waals surface area contributed by atoms with E-state index in [1.54, 1.807) is 24.4 Å². The molecule has 2 N–H and O–H groups in total. The molecule has 4 nitrogen and oxygen atoms in total. The van der Waals surface area contributed by atoms with Crippen molar-refractivity contribution in [1.82, 2.24) is 0 Å². The largest absolute Gasteiger partial charge is 0.478 e. The fourth-order valence-electron chi connectivity index (χ4n) is 1.37. The van der Waals surface area contributed by atoms with E-state index in [0.29, 0.717) is 10.6 Å². The maximum absolute atomic E-state index is 11.9. The van der Waals surface area contributed by atoms with E-state index in [9.17, 15) is 9.59 Å². The first-order valence-electron chi connectivity index (χ1n) is 4.86. The van der Waals surface area contributed by atoms with Crippen molar-refractivity contribution in [2.75, 3.05) is 5.32 Å². The summed E-state index contributed by atoms with van der Waals surface area (Å²) in [6, 6.07) is 3.32. The number of carboxylic acid groups (broad SMARTS) is 1. The van der Waals surface area contributed by atoms with Crippen molar-refractivity contribution in [3.63, 3.8) is 0 Å². The van der Waals surface area contributed by atoms with Crippen molar-refractivity contribution < 1.29 is 14.7 Å². The number of anilines is 1. The normalized spacial score (nSPS) is 10.3. The summed E-state index contributed by atoms with van der Waals surface area (Å²) in [5, 5.41) is 13.8. The Hall–Kier alpha value is -0.930. The van der Waals surface area contributed by atoms with Crippen LogP contribution in [0.1, 0.15) is 25.6 Å². The second-order valence-electron chi connectivity index (χ2n) is 3.50. The monoisotopic (exact) mass is 393 g/mol. The number of thiophene rings is 2. The summed E-state index contributed by atoms with van der Waals surface area (Å²) < 4.78 is 1.01. The molecule has 0 radical (unpaired) electrons. The Labute approximate surface area is 125 Å². The summed E-state index contributed by atoms with van der Waals surface area (Å²) in [5.41, 5.74) is 0.683. The lowest BCUT2D eigenvalue weighted by atomic mass is 10.3. The highest BCUT2D eigenvalue weighted by atomic mass is 127. The minimum atomic E-state index is -1.03. The third-order valence-electron chi connectivity index (χ3n) is 2.14. The van der Waals surface area contributed by atoms with Gasteiger partial charge in [-0.05, 0) is 41.6 Å². The number of aryl methyl sites for hydroxylation is 1. The molecule has 1 amide bonds. The average Bonchev–Trinajstić information content (AvgIpc) is 2.85. The fourth-order valence-corrected chi connectivity index (χ4v) is 3.60. The van der Waals surface area contributed by atoms with Gasteiger partial charge in [-0.1, -0.05) is 0 Å². The minimum Gasteiger partial charge on any atom is -0.478 e. The van der Waals surface area contributed by atoms with E-state index in [4.69, 9.17) is 5.11 Å². The van der Waals surface area contributed by atoms with Crippen LogP contribution < -0.4 is 5.32 Å². The zero-order chi connectivity index (χ0) is 13.3. The molecule has 0 aliphatic carbocycles. The molecule has 2 rings (SSSR count). The topological polar surface area (TPSA) is 66.4 Å². The third-order valence-corrected chi connectivity index (χ3v) is 4.90. The highest BCUT2D eigenvalue weighted by Crippen LogP contribution is 2.28. The van der Waals surface area contributed by atoms with Crippen molar-refractivity contribution in [1.29, 1.82) is 0 Å². The second kappa shape index (κ2) is 5.37.